The molecular formula is C22H23N3O3. The summed E-state index contributed by atoms with van der Waals surface area (Å²) in [4.78, 5) is 14.6. The average molecular weight is 377 g/mol. The van der Waals surface area contributed by atoms with Gasteiger partial charge in [-0.25, -0.2) is 0 Å². The molecule has 0 N–H and O–H groups in total. The molecule has 1 aromatic heterocycles. The van der Waals surface area contributed by atoms with E-state index in [1.807, 2.05) is 59.5 Å². The van der Waals surface area contributed by atoms with Crippen molar-refractivity contribution in [2.75, 3.05) is 20.2 Å². The van der Waals surface area contributed by atoms with E-state index in [2.05, 4.69) is 10.2 Å². The summed E-state index contributed by atoms with van der Waals surface area (Å²) in [6.07, 6.45) is 2.28. The van der Waals surface area contributed by atoms with E-state index in [9.17, 15) is 4.79 Å². The largest absolute Gasteiger partial charge is 0.496 e. The van der Waals surface area contributed by atoms with Crippen LogP contribution in [-0.2, 0) is 11.2 Å². The van der Waals surface area contributed by atoms with E-state index in [-0.39, 0.29) is 11.8 Å². The van der Waals surface area contributed by atoms with Gasteiger partial charge in [0, 0.05) is 13.1 Å². The van der Waals surface area contributed by atoms with Crippen LogP contribution in [-0.4, -0.2) is 41.2 Å². The Bertz CT molecular complexity index is 939. The normalized spacial score (nSPS) is 16.8. The molecule has 0 aliphatic carbocycles. The lowest BCUT2D eigenvalue weighted by atomic mass is 9.97. The Morgan fingerprint density at radius 1 is 1.14 bits per heavy atom. The molecule has 0 saturated carbocycles. The number of methoxy groups -OCH3 is 1. The highest BCUT2D eigenvalue weighted by Gasteiger charge is 2.28. The third-order valence-corrected chi connectivity index (χ3v) is 5.10. The maximum absolute atomic E-state index is 12.7. The Morgan fingerprint density at radius 2 is 1.93 bits per heavy atom. The third kappa shape index (κ3) is 3.91. The van der Waals surface area contributed by atoms with Gasteiger partial charge in [-0.1, -0.05) is 42.5 Å². The summed E-state index contributed by atoms with van der Waals surface area (Å²) in [7, 11) is 1.62. The number of amides is 1. The fourth-order valence-electron chi connectivity index (χ4n) is 3.62. The van der Waals surface area contributed by atoms with Gasteiger partial charge in [-0.05, 0) is 30.5 Å². The quantitative estimate of drug-likeness (QED) is 0.678. The molecule has 1 aliphatic rings. The lowest BCUT2D eigenvalue weighted by Gasteiger charge is -2.31. The maximum atomic E-state index is 12.7. The molecule has 6 heteroatoms. The fourth-order valence-corrected chi connectivity index (χ4v) is 3.62. The van der Waals surface area contributed by atoms with Crippen LogP contribution in [0.3, 0.4) is 0 Å². The first-order valence-electron chi connectivity index (χ1n) is 9.53. The number of rotatable bonds is 5. The second-order valence-electron chi connectivity index (χ2n) is 6.99. The molecule has 6 nitrogen and oxygen atoms in total. The molecule has 1 amide bonds. The van der Waals surface area contributed by atoms with Gasteiger partial charge in [0.25, 0.3) is 5.89 Å². The van der Waals surface area contributed by atoms with Gasteiger partial charge in [0.2, 0.25) is 11.8 Å². The van der Waals surface area contributed by atoms with Crippen LogP contribution in [0.5, 0.6) is 5.75 Å². The number of carbonyl (C=O) groups excluding carboxylic acids is 1. The number of benzene rings is 2. The van der Waals surface area contributed by atoms with E-state index in [1.54, 1.807) is 7.11 Å². The van der Waals surface area contributed by atoms with E-state index in [0.717, 1.165) is 30.5 Å². The summed E-state index contributed by atoms with van der Waals surface area (Å²) in [5.41, 5.74) is 1.81. The lowest BCUT2D eigenvalue weighted by Crippen LogP contribution is -2.40. The molecule has 2 heterocycles. The third-order valence-electron chi connectivity index (χ3n) is 5.10. The van der Waals surface area contributed by atoms with Crippen molar-refractivity contribution in [2.24, 2.45) is 0 Å². The van der Waals surface area contributed by atoms with Crippen LogP contribution in [0.25, 0.3) is 11.5 Å². The SMILES string of the molecule is COc1ccccc1-c1nnc([C@@H]2CCCN(C(=O)Cc3ccccc3)C2)o1. The minimum Gasteiger partial charge on any atom is -0.496 e. The van der Waals surface area contributed by atoms with Crippen molar-refractivity contribution in [1.82, 2.24) is 15.1 Å². The maximum Gasteiger partial charge on any atom is 0.251 e. The van der Waals surface area contributed by atoms with Gasteiger partial charge in [0.15, 0.2) is 0 Å². The Labute approximate surface area is 164 Å². The standard InChI is InChI=1S/C22H23N3O3/c1-27-19-12-6-5-11-18(19)22-24-23-21(28-22)17-10-7-13-25(15-17)20(26)14-16-8-3-2-4-9-16/h2-6,8-9,11-12,17H,7,10,13-15H2,1H3/t17-/m1/s1. The smallest absolute Gasteiger partial charge is 0.251 e. The van der Waals surface area contributed by atoms with Gasteiger partial charge in [0.1, 0.15) is 5.75 Å². The molecule has 0 radical (unpaired) electrons. The Balaban J connectivity index is 1.46. The van der Waals surface area contributed by atoms with Crippen molar-refractivity contribution in [3.63, 3.8) is 0 Å². The van der Waals surface area contributed by atoms with Crippen molar-refractivity contribution in [2.45, 2.75) is 25.2 Å². The topological polar surface area (TPSA) is 68.5 Å². The van der Waals surface area contributed by atoms with Crippen LogP contribution in [0.15, 0.2) is 59.0 Å². The van der Waals surface area contributed by atoms with Crippen LogP contribution in [0.1, 0.15) is 30.2 Å². The van der Waals surface area contributed by atoms with Gasteiger partial charge >= 0.3 is 0 Å². The molecule has 28 heavy (non-hydrogen) atoms. The first kappa shape index (κ1) is 18.2. The van der Waals surface area contributed by atoms with E-state index in [4.69, 9.17) is 9.15 Å². The Hall–Kier alpha value is -3.15. The molecular weight excluding hydrogens is 354 g/mol. The Morgan fingerprint density at radius 3 is 2.75 bits per heavy atom. The fraction of sp³-hybridized carbons (Fsp3) is 0.318. The molecule has 1 aliphatic heterocycles. The number of hydrogen-bond acceptors (Lipinski definition) is 5. The van der Waals surface area contributed by atoms with Gasteiger partial charge in [-0.2, -0.15) is 0 Å². The molecule has 4 rings (SSSR count). The minimum atomic E-state index is 0.0597. The molecule has 144 valence electrons. The highest BCUT2D eigenvalue weighted by Crippen LogP contribution is 2.32. The highest BCUT2D eigenvalue weighted by atomic mass is 16.5. The molecule has 0 bridgehead atoms. The predicted molar refractivity (Wildman–Crippen MR) is 105 cm³/mol. The summed E-state index contributed by atoms with van der Waals surface area (Å²) in [5.74, 6) is 1.92. The van der Waals surface area contributed by atoms with Gasteiger partial charge in [0.05, 0.1) is 25.0 Å². The van der Waals surface area contributed by atoms with Gasteiger partial charge < -0.3 is 14.1 Å². The lowest BCUT2D eigenvalue weighted by molar-refractivity contribution is -0.131. The number of piperidine rings is 1. The molecule has 0 spiro atoms. The summed E-state index contributed by atoms with van der Waals surface area (Å²) in [6.45, 7) is 1.38. The number of para-hydroxylation sites is 1. The first-order valence-corrected chi connectivity index (χ1v) is 9.53. The zero-order valence-corrected chi connectivity index (χ0v) is 15.9. The predicted octanol–water partition coefficient (Wildman–Crippen LogP) is 3.69. The number of hydrogen-bond donors (Lipinski definition) is 0. The van der Waals surface area contributed by atoms with E-state index >= 15 is 0 Å². The van der Waals surface area contributed by atoms with Crippen molar-refractivity contribution in [1.29, 1.82) is 0 Å². The summed E-state index contributed by atoms with van der Waals surface area (Å²) in [5, 5.41) is 8.47. The Kier molecular flexibility index (Phi) is 5.37. The number of aromatic nitrogens is 2. The van der Waals surface area contributed by atoms with Crippen LogP contribution in [0, 0.1) is 0 Å². The monoisotopic (exact) mass is 377 g/mol. The molecule has 1 atom stereocenters. The van der Waals surface area contributed by atoms with Gasteiger partial charge in [-0.3, -0.25) is 4.79 Å². The van der Waals surface area contributed by atoms with Crippen molar-refractivity contribution < 1.29 is 13.9 Å². The molecule has 1 saturated heterocycles. The van der Waals surface area contributed by atoms with Crippen molar-refractivity contribution >= 4 is 5.91 Å². The zero-order chi connectivity index (χ0) is 19.3. The minimum absolute atomic E-state index is 0.0597. The van der Waals surface area contributed by atoms with Crippen LogP contribution in [0.2, 0.25) is 0 Å². The van der Waals surface area contributed by atoms with Crippen LogP contribution < -0.4 is 4.74 Å². The highest BCUT2D eigenvalue weighted by molar-refractivity contribution is 5.79. The first-order chi connectivity index (χ1) is 13.7. The van der Waals surface area contributed by atoms with Gasteiger partial charge in [-0.15, -0.1) is 10.2 Å². The molecule has 2 aromatic carbocycles. The number of likely N-dealkylation sites (tertiary alicyclic amines) is 1. The van der Waals surface area contributed by atoms with Crippen molar-refractivity contribution in [3.8, 4) is 17.2 Å². The summed E-state index contributed by atoms with van der Waals surface area (Å²) in [6, 6.07) is 17.4. The van der Waals surface area contributed by atoms with E-state index in [1.165, 1.54) is 0 Å². The number of ether oxygens (including phenoxy) is 1. The van der Waals surface area contributed by atoms with Crippen LogP contribution >= 0.6 is 0 Å². The zero-order valence-electron chi connectivity index (χ0n) is 15.9. The number of nitrogens with zero attached hydrogens (tertiary/aromatic N) is 3. The van der Waals surface area contributed by atoms with E-state index < -0.39 is 0 Å². The van der Waals surface area contributed by atoms with Crippen molar-refractivity contribution in [3.05, 3.63) is 66.1 Å². The van der Waals surface area contributed by atoms with E-state index in [0.29, 0.717) is 30.5 Å². The second-order valence-corrected chi connectivity index (χ2v) is 6.99. The average Bonchev–Trinajstić information content (AvgIpc) is 3.25. The molecule has 0 unspecified atom stereocenters. The van der Waals surface area contributed by atoms with Crippen LogP contribution in [0.4, 0.5) is 0 Å². The summed E-state index contributed by atoms with van der Waals surface area (Å²) >= 11 is 0. The second kappa shape index (κ2) is 8.25. The summed E-state index contributed by atoms with van der Waals surface area (Å²) < 4.78 is 11.3. The molecule has 3 aromatic rings. The number of carbonyl (C=O) groups is 1. The molecule has 1 fully saturated rings.